The summed E-state index contributed by atoms with van der Waals surface area (Å²) >= 11 is 0. The maximum absolute atomic E-state index is 13.4. The third-order valence-electron chi connectivity index (χ3n) is 5.13. The Morgan fingerprint density at radius 3 is 2.06 bits per heavy atom. The van der Waals surface area contributed by atoms with Crippen molar-refractivity contribution in [1.29, 1.82) is 0 Å². The van der Waals surface area contributed by atoms with Crippen molar-refractivity contribution in [2.75, 3.05) is 5.32 Å². The van der Waals surface area contributed by atoms with Crippen molar-refractivity contribution in [2.24, 2.45) is 0 Å². The van der Waals surface area contributed by atoms with E-state index in [2.05, 4.69) is 10.4 Å². The fourth-order valence-electron chi connectivity index (χ4n) is 3.54. The Hall–Kier alpha value is -4.59. The number of nitrogens with one attached hydrogen (secondary N) is 1. The number of carbonyl (C=O) groups is 1. The molecule has 1 amide bonds. The summed E-state index contributed by atoms with van der Waals surface area (Å²) in [7, 11) is 0. The van der Waals surface area contributed by atoms with Crippen LogP contribution in [0.15, 0.2) is 89.7 Å². The van der Waals surface area contributed by atoms with Gasteiger partial charge in [0.2, 0.25) is 0 Å². The van der Waals surface area contributed by atoms with Crippen molar-refractivity contribution in [1.82, 2.24) is 9.78 Å². The first kappa shape index (κ1) is 21.6. The maximum Gasteiger partial charge on any atom is 0.280 e. The Morgan fingerprint density at radius 1 is 0.939 bits per heavy atom. The summed E-state index contributed by atoms with van der Waals surface area (Å²) in [5, 5.41) is 18.2. The van der Waals surface area contributed by atoms with Gasteiger partial charge in [-0.05, 0) is 24.6 Å². The highest BCUT2D eigenvalue weighted by Crippen LogP contribution is 2.32. The van der Waals surface area contributed by atoms with Crippen molar-refractivity contribution < 1.29 is 9.72 Å². The van der Waals surface area contributed by atoms with Crippen molar-refractivity contribution in [3.05, 3.63) is 111 Å². The van der Waals surface area contributed by atoms with Gasteiger partial charge in [-0.3, -0.25) is 19.7 Å². The number of nitro groups is 1. The number of benzene rings is 3. The molecule has 0 saturated heterocycles. The molecule has 0 atom stereocenters. The third-order valence-corrected chi connectivity index (χ3v) is 5.13. The number of carbonyl (C=O) groups excluding carboxylic acids is 1. The lowest BCUT2D eigenvalue weighted by Crippen LogP contribution is -2.32. The summed E-state index contributed by atoms with van der Waals surface area (Å²) in [5.41, 5.74) is 2.06. The second kappa shape index (κ2) is 9.27. The van der Waals surface area contributed by atoms with E-state index in [1.165, 1.54) is 28.9 Å². The molecule has 0 aliphatic rings. The Labute approximate surface area is 189 Å². The van der Waals surface area contributed by atoms with Crippen LogP contribution in [-0.2, 0) is 6.54 Å². The number of nitrogens with zero attached hydrogens (tertiary/aromatic N) is 3. The fourth-order valence-corrected chi connectivity index (χ4v) is 3.54. The molecule has 0 aliphatic heterocycles. The largest absolute Gasteiger partial charge is 0.322 e. The predicted molar refractivity (Wildman–Crippen MR) is 126 cm³/mol. The number of anilines is 1. The van der Waals surface area contributed by atoms with Crippen LogP contribution < -0.4 is 10.9 Å². The fraction of sp³-hybridized carbons (Fsp3) is 0.0800. The third kappa shape index (κ3) is 4.40. The number of non-ortho nitro benzene ring substituents is 1. The van der Waals surface area contributed by atoms with E-state index >= 15 is 0 Å². The first-order valence-corrected chi connectivity index (χ1v) is 10.3. The van der Waals surface area contributed by atoms with Gasteiger partial charge in [-0.1, -0.05) is 60.7 Å². The number of amides is 1. The van der Waals surface area contributed by atoms with Gasteiger partial charge in [-0.15, -0.1) is 0 Å². The molecular formula is C25H20N4O4. The maximum atomic E-state index is 13.4. The Kier molecular flexibility index (Phi) is 6.08. The quantitative estimate of drug-likeness (QED) is 0.344. The van der Waals surface area contributed by atoms with E-state index in [9.17, 15) is 19.7 Å². The first-order valence-electron chi connectivity index (χ1n) is 10.3. The second-order valence-electron chi connectivity index (χ2n) is 7.21. The van der Waals surface area contributed by atoms with E-state index in [0.717, 1.165) is 5.56 Å². The molecule has 1 aromatic heterocycles. The van der Waals surface area contributed by atoms with Gasteiger partial charge in [0.25, 0.3) is 17.2 Å². The SMILES string of the molecule is CCn1nc(-c2ccccc2)c(-c2ccccc2)c(C(=O)Nc2ccc([N+](=O)[O-])cc2)c1=O. The average Bonchev–Trinajstić information content (AvgIpc) is 2.85. The molecule has 3 aromatic carbocycles. The number of aryl methyl sites for hydroxylation is 1. The van der Waals surface area contributed by atoms with E-state index < -0.39 is 16.4 Å². The van der Waals surface area contributed by atoms with E-state index in [-0.39, 0.29) is 17.8 Å². The average molecular weight is 440 g/mol. The van der Waals surface area contributed by atoms with E-state index in [1.807, 2.05) is 60.7 Å². The van der Waals surface area contributed by atoms with Gasteiger partial charge in [0.1, 0.15) is 5.56 Å². The number of nitro benzene ring substituents is 1. The summed E-state index contributed by atoms with van der Waals surface area (Å²) in [5.74, 6) is -0.616. The molecule has 0 radical (unpaired) electrons. The minimum Gasteiger partial charge on any atom is -0.322 e. The summed E-state index contributed by atoms with van der Waals surface area (Å²) in [6, 6.07) is 23.9. The number of rotatable bonds is 6. The van der Waals surface area contributed by atoms with Crippen LogP contribution in [0, 0.1) is 10.1 Å². The van der Waals surface area contributed by atoms with E-state index in [0.29, 0.717) is 22.5 Å². The highest BCUT2D eigenvalue weighted by atomic mass is 16.6. The van der Waals surface area contributed by atoms with Crippen LogP contribution in [0.5, 0.6) is 0 Å². The lowest BCUT2D eigenvalue weighted by Gasteiger charge is -2.17. The first-order chi connectivity index (χ1) is 16.0. The lowest BCUT2D eigenvalue weighted by atomic mass is 9.95. The van der Waals surface area contributed by atoms with Crippen molar-refractivity contribution in [3.63, 3.8) is 0 Å². The summed E-state index contributed by atoms with van der Waals surface area (Å²) < 4.78 is 1.26. The zero-order valence-electron chi connectivity index (χ0n) is 17.8. The second-order valence-corrected chi connectivity index (χ2v) is 7.21. The molecule has 0 saturated carbocycles. The van der Waals surface area contributed by atoms with Gasteiger partial charge < -0.3 is 5.32 Å². The van der Waals surface area contributed by atoms with E-state index in [1.54, 1.807) is 6.92 Å². The number of hydrogen-bond donors (Lipinski definition) is 1. The monoisotopic (exact) mass is 440 g/mol. The van der Waals surface area contributed by atoms with Gasteiger partial charge in [0.05, 0.1) is 10.6 Å². The summed E-state index contributed by atoms with van der Waals surface area (Å²) in [6.07, 6.45) is 0. The van der Waals surface area contributed by atoms with Gasteiger partial charge in [-0.25, -0.2) is 4.68 Å². The lowest BCUT2D eigenvalue weighted by molar-refractivity contribution is -0.384. The summed E-state index contributed by atoms with van der Waals surface area (Å²) in [6.45, 7) is 2.06. The molecule has 0 fully saturated rings. The molecule has 0 spiro atoms. The number of hydrogen-bond acceptors (Lipinski definition) is 5. The minimum absolute atomic E-state index is 0.0461. The molecule has 8 nitrogen and oxygen atoms in total. The zero-order valence-corrected chi connectivity index (χ0v) is 17.8. The van der Waals surface area contributed by atoms with Crippen molar-refractivity contribution in [3.8, 4) is 22.4 Å². The van der Waals surface area contributed by atoms with Crippen molar-refractivity contribution in [2.45, 2.75) is 13.5 Å². The van der Waals surface area contributed by atoms with Gasteiger partial charge in [0, 0.05) is 35.5 Å². The molecule has 8 heteroatoms. The molecule has 0 aliphatic carbocycles. The van der Waals surface area contributed by atoms with Crippen LogP contribution in [0.1, 0.15) is 17.3 Å². The van der Waals surface area contributed by atoms with E-state index in [4.69, 9.17) is 0 Å². The molecule has 4 aromatic rings. The molecule has 4 rings (SSSR count). The molecule has 1 N–H and O–H groups in total. The van der Waals surface area contributed by atoms with Crippen molar-refractivity contribution >= 4 is 17.3 Å². The van der Waals surface area contributed by atoms with Gasteiger partial charge in [-0.2, -0.15) is 5.10 Å². The highest BCUT2D eigenvalue weighted by molar-refractivity contribution is 6.10. The van der Waals surface area contributed by atoms with Gasteiger partial charge >= 0.3 is 0 Å². The summed E-state index contributed by atoms with van der Waals surface area (Å²) in [4.78, 5) is 37.1. The standard InChI is InChI=1S/C25H20N4O4/c1-2-28-25(31)22(24(30)26-19-13-15-20(16-14-19)29(32)33)21(17-9-5-3-6-10-17)23(27-28)18-11-7-4-8-12-18/h3-16H,2H2,1H3,(H,26,30). The molecule has 33 heavy (non-hydrogen) atoms. The van der Waals surface area contributed by atoms with Crippen LogP contribution >= 0.6 is 0 Å². The van der Waals surface area contributed by atoms with Crippen LogP contribution in [0.2, 0.25) is 0 Å². The molecular weight excluding hydrogens is 420 g/mol. The topological polar surface area (TPSA) is 107 Å². The Balaban J connectivity index is 1.91. The highest BCUT2D eigenvalue weighted by Gasteiger charge is 2.25. The zero-order chi connectivity index (χ0) is 23.4. The van der Waals surface area contributed by atoms with Crippen LogP contribution in [0.3, 0.4) is 0 Å². The molecule has 1 heterocycles. The smallest absolute Gasteiger partial charge is 0.280 e. The van der Waals surface area contributed by atoms with Gasteiger partial charge in [0.15, 0.2) is 0 Å². The molecule has 0 unspecified atom stereocenters. The minimum atomic E-state index is -0.616. The Bertz CT molecular complexity index is 1370. The number of aromatic nitrogens is 2. The van der Waals surface area contributed by atoms with Crippen LogP contribution in [0.4, 0.5) is 11.4 Å². The normalized spacial score (nSPS) is 10.6. The Morgan fingerprint density at radius 2 is 1.52 bits per heavy atom. The predicted octanol–water partition coefficient (Wildman–Crippen LogP) is 4.76. The molecule has 164 valence electrons. The molecule has 0 bridgehead atoms. The van der Waals surface area contributed by atoms with Crippen LogP contribution in [0.25, 0.3) is 22.4 Å². The van der Waals surface area contributed by atoms with Crippen LogP contribution in [-0.4, -0.2) is 20.6 Å².